The molecule has 4 heteroatoms. The van der Waals surface area contributed by atoms with Crippen molar-refractivity contribution in [1.82, 2.24) is 0 Å². The highest BCUT2D eigenvalue weighted by atomic mass is 32.2. The van der Waals surface area contributed by atoms with Crippen LogP contribution < -0.4 is 5.73 Å². The molecule has 3 nitrogen and oxygen atoms in total. The molecule has 2 saturated heterocycles. The molecule has 1 atom stereocenters. The molecule has 0 amide bonds. The van der Waals surface area contributed by atoms with Gasteiger partial charge in [0.2, 0.25) is 0 Å². The van der Waals surface area contributed by atoms with Crippen LogP contribution in [0.5, 0.6) is 0 Å². The summed E-state index contributed by atoms with van der Waals surface area (Å²) in [6, 6.07) is 0. The highest BCUT2D eigenvalue weighted by Gasteiger charge is 2.51. The monoisotopic (exact) mass is 255 g/mol. The van der Waals surface area contributed by atoms with Gasteiger partial charge in [0, 0.05) is 12.5 Å². The van der Waals surface area contributed by atoms with Crippen LogP contribution in [-0.2, 0) is 9.53 Å². The summed E-state index contributed by atoms with van der Waals surface area (Å²) in [4.78, 5) is 12.3. The van der Waals surface area contributed by atoms with Gasteiger partial charge in [-0.2, -0.15) is 11.8 Å². The Morgan fingerprint density at radius 1 is 1.24 bits per heavy atom. The molecule has 0 aromatic carbocycles. The van der Waals surface area contributed by atoms with Gasteiger partial charge in [-0.25, -0.2) is 0 Å². The lowest BCUT2D eigenvalue weighted by Crippen LogP contribution is -2.48. The highest BCUT2D eigenvalue weighted by Crippen LogP contribution is 2.44. The van der Waals surface area contributed by atoms with Crippen LogP contribution in [-0.4, -0.2) is 35.0 Å². The van der Waals surface area contributed by atoms with E-state index in [1.807, 2.05) is 11.8 Å². The molecule has 3 aliphatic rings. The second-order valence-electron chi connectivity index (χ2n) is 5.85. The fraction of sp³-hybridized carbons (Fsp3) is 0.923. The van der Waals surface area contributed by atoms with Crippen molar-refractivity contribution in [3.8, 4) is 0 Å². The molecule has 2 heterocycles. The number of thioether (sulfide) groups is 1. The fourth-order valence-electron chi connectivity index (χ4n) is 3.13. The Labute approximate surface area is 107 Å². The first-order chi connectivity index (χ1) is 8.14. The van der Waals surface area contributed by atoms with Gasteiger partial charge >= 0.3 is 0 Å². The Hall–Kier alpha value is -0.0600. The Kier molecular flexibility index (Phi) is 3.00. The molecular weight excluding hydrogens is 234 g/mol. The number of nitrogens with two attached hydrogens (primary N) is 1. The Bertz CT molecular complexity index is 316. The summed E-state index contributed by atoms with van der Waals surface area (Å²) >= 11 is 2.00. The maximum atomic E-state index is 12.3. The third-order valence-corrected chi connectivity index (χ3v) is 5.53. The van der Waals surface area contributed by atoms with E-state index in [0.717, 1.165) is 45.1 Å². The van der Waals surface area contributed by atoms with E-state index >= 15 is 0 Å². The van der Waals surface area contributed by atoms with Crippen molar-refractivity contribution in [3.63, 3.8) is 0 Å². The molecule has 96 valence electrons. The predicted octanol–water partition coefficient (Wildman–Crippen LogP) is 1.74. The summed E-state index contributed by atoms with van der Waals surface area (Å²) in [6.07, 6.45) is 5.81. The molecule has 0 bridgehead atoms. The van der Waals surface area contributed by atoms with Gasteiger partial charge in [0.25, 0.3) is 0 Å². The Morgan fingerprint density at radius 3 is 2.59 bits per heavy atom. The maximum Gasteiger partial charge on any atom is 0.155 e. The molecule has 2 N–H and O–H groups in total. The number of hydrogen-bond acceptors (Lipinski definition) is 4. The Balaban J connectivity index is 1.68. The van der Waals surface area contributed by atoms with Crippen LogP contribution in [0.2, 0.25) is 0 Å². The van der Waals surface area contributed by atoms with Gasteiger partial charge in [0.05, 0.1) is 11.1 Å². The van der Waals surface area contributed by atoms with Gasteiger partial charge in [0.15, 0.2) is 5.78 Å². The molecular formula is C13H21NO2S. The van der Waals surface area contributed by atoms with Crippen LogP contribution in [0.25, 0.3) is 0 Å². The number of rotatable bonds is 2. The fourth-order valence-corrected chi connectivity index (χ4v) is 4.37. The SMILES string of the molecule is NC1(C(=O)C2CCOC3(CCSCC3)C2)CC1. The molecule has 3 rings (SSSR count). The van der Waals surface area contributed by atoms with Crippen LogP contribution in [0.3, 0.4) is 0 Å². The van der Waals surface area contributed by atoms with Crippen molar-refractivity contribution in [2.75, 3.05) is 18.1 Å². The van der Waals surface area contributed by atoms with E-state index in [9.17, 15) is 4.79 Å². The quantitative estimate of drug-likeness (QED) is 0.816. The summed E-state index contributed by atoms with van der Waals surface area (Å²) < 4.78 is 6.01. The average molecular weight is 255 g/mol. The van der Waals surface area contributed by atoms with E-state index in [4.69, 9.17) is 10.5 Å². The number of hydrogen-bond donors (Lipinski definition) is 1. The third-order valence-electron chi connectivity index (χ3n) is 4.55. The van der Waals surface area contributed by atoms with E-state index in [2.05, 4.69) is 0 Å². The molecule has 3 fully saturated rings. The zero-order chi connectivity index (χ0) is 11.9. The van der Waals surface area contributed by atoms with Gasteiger partial charge in [-0.1, -0.05) is 0 Å². The van der Waals surface area contributed by atoms with Gasteiger partial charge < -0.3 is 10.5 Å². The van der Waals surface area contributed by atoms with Crippen molar-refractivity contribution >= 4 is 17.5 Å². The second-order valence-corrected chi connectivity index (χ2v) is 7.08. The van der Waals surface area contributed by atoms with Crippen molar-refractivity contribution in [2.45, 2.75) is 49.7 Å². The number of ether oxygens (including phenoxy) is 1. The summed E-state index contributed by atoms with van der Waals surface area (Å²) in [5.41, 5.74) is 5.60. The highest BCUT2D eigenvalue weighted by molar-refractivity contribution is 7.99. The van der Waals surface area contributed by atoms with E-state index in [-0.39, 0.29) is 11.5 Å². The molecule has 0 aromatic rings. The van der Waals surface area contributed by atoms with Crippen molar-refractivity contribution < 1.29 is 9.53 Å². The standard InChI is InChI=1S/C13H21NO2S/c14-13(2-3-13)11(15)10-1-6-16-12(9-10)4-7-17-8-5-12/h10H,1-9,14H2. The molecule has 1 saturated carbocycles. The van der Waals surface area contributed by atoms with E-state index in [1.165, 1.54) is 11.5 Å². The summed E-state index contributed by atoms with van der Waals surface area (Å²) in [5.74, 6) is 2.83. The maximum absolute atomic E-state index is 12.3. The summed E-state index contributed by atoms with van der Waals surface area (Å²) in [7, 11) is 0. The largest absolute Gasteiger partial charge is 0.375 e. The lowest BCUT2D eigenvalue weighted by molar-refractivity contribution is -0.140. The predicted molar refractivity (Wildman–Crippen MR) is 69.1 cm³/mol. The first kappa shape index (κ1) is 12.0. The van der Waals surface area contributed by atoms with Crippen LogP contribution >= 0.6 is 11.8 Å². The topological polar surface area (TPSA) is 52.3 Å². The molecule has 0 radical (unpaired) electrons. The second kappa shape index (κ2) is 4.25. The molecule has 1 spiro atoms. The molecule has 0 aromatic heterocycles. The van der Waals surface area contributed by atoms with Crippen LogP contribution in [0.15, 0.2) is 0 Å². The van der Waals surface area contributed by atoms with Crippen LogP contribution in [0, 0.1) is 5.92 Å². The number of carbonyl (C=O) groups excluding carboxylic acids is 1. The first-order valence-corrected chi connectivity index (χ1v) is 7.84. The summed E-state index contributed by atoms with van der Waals surface area (Å²) in [6.45, 7) is 0.747. The minimum absolute atomic E-state index is 0.00900. The third kappa shape index (κ3) is 2.27. The van der Waals surface area contributed by atoms with Crippen molar-refractivity contribution in [2.24, 2.45) is 11.7 Å². The minimum atomic E-state index is -0.452. The number of ketones is 1. The van der Waals surface area contributed by atoms with Gasteiger partial charge in [-0.05, 0) is 50.0 Å². The number of carbonyl (C=O) groups is 1. The van der Waals surface area contributed by atoms with Gasteiger partial charge in [-0.15, -0.1) is 0 Å². The Morgan fingerprint density at radius 2 is 1.94 bits per heavy atom. The minimum Gasteiger partial charge on any atom is -0.375 e. The normalized spacial score (nSPS) is 34.5. The smallest absolute Gasteiger partial charge is 0.155 e. The average Bonchev–Trinajstić information content (AvgIpc) is 3.09. The van der Waals surface area contributed by atoms with E-state index in [1.54, 1.807) is 0 Å². The van der Waals surface area contributed by atoms with Crippen LogP contribution in [0.1, 0.15) is 38.5 Å². The van der Waals surface area contributed by atoms with E-state index < -0.39 is 5.54 Å². The molecule has 2 aliphatic heterocycles. The van der Waals surface area contributed by atoms with Gasteiger partial charge in [-0.3, -0.25) is 4.79 Å². The zero-order valence-electron chi connectivity index (χ0n) is 10.2. The molecule has 1 aliphatic carbocycles. The molecule has 1 unspecified atom stereocenters. The van der Waals surface area contributed by atoms with Crippen molar-refractivity contribution in [3.05, 3.63) is 0 Å². The van der Waals surface area contributed by atoms with Crippen molar-refractivity contribution in [1.29, 1.82) is 0 Å². The van der Waals surface area contributed by atoms with E-state index in [0.29, 0.717) is 5.78 Å². The van der Waals surface area contributed by atoms with Crippen LogP contribution in [0.4, 0.5) is 0 Å². The lowest BCUT2D eigenvalue weighted by atomic mass is 9.78. The number of Topliss-reactive ketones (excluding diaryl/α,β-unsaturated/α-hetero) is 1. The molecule has 17 heavy (non-hydrogen) atoms. The van der Waals surface area contributed by atoms with Gasteiger partial charge in [0.1, 0.15) is 0 Å². The first-order valence-electron chi connectivity index (χ1n) is 6.69. The zero-order valence-corrected chi connectivity index (χ0v) is 11.1. The lowest BCUT2D eigenvalue weighted by Gasteiger charge is -2.43. The summed E-state index contributed by atoms with van der Waals surface area (Å²) in [5, 5.41) is 0.